The highest BCUT2D eigenvalue weighted by Crippen LogP contribution is 2.29. The Morgan fingerprint density at radius 1 is 1.22 bits per heavy atom. The van der Waals surface area contributed by atoms with E-state index >= 15 is 0 Å². The van der Waals surface area contributed by atoms with Gasteiger partial charge in [0.05, 0.1) is 15.4 Å². The molecule has 0 aliphatic heterocycles. The Balaban J connectivity index is 2.39. The van der Waals surface area contributed by atoms with Crippen LogP contribution in [0, 0.1) is 6.92 Å². The van der Waals surface area contributed by atoms with Gasteiger partial charge < -0.3 is 0 Å². The number of carbonyl (C=O) groups is 1. The van der Waals surface area contributed by atoms with Gasteiger partial charge in [0.25, 0.3) is 0 Å². The first-order valence-corrected chi connectivity index (χ1v) is 6.89. The van der Waals surface area contributed by atoms with Gasteiger partial charge in [0.15, 0.2) is 5.78 Å². The van der Waals surface area contributed by atoms with Gasteiger partial charge in [-0.25, -0.2) is 0 Å². The Labute approximate surface area is 112 Å². The van der Waals surface area contributed by atoms with E-state index in [1.165, 1.54) is 16.9 Å². The minimum absolute atomic E-state index is 0.113. The molecule has 2 aromatic heterocycles. The number of hydrogen-bond acceptors (Lipinski definition) is 3. The molecule has 0 saturated heterocycles. The van der Waals surface area contributed by atoms with Crippen LogP contribution in [-0.4, -0.2) is 10.8 Å². The van der Waals surface area contributed by atoms with Crippen molar-refractivity contribution in [1.29, 1.82) is 0 Å². The molecule has 0 unspecified atom stereocenters. The van der Waals surface area contributed by atoms with Crippen molar-refractivity contribution < 1.29 is 4.79 Å². The number of carbonyl (C=O) groups excluding carboxylic acids is 1. The van der Waals surface area contributed by atoms with Gasteiger partial charge in [-0.15, -0.1) is 11.3 Å². The summed E-state index contributed by atoms with van der Waals surface area (Å²) < 4.78 is 0. The second kappa shape index (κ2) is 5.02. The number of ketones is 1. The lowest BCUT2D eigenvalue weighted by atomic mass is 10.0. The van der Waals surface area contributed by atoms with Crippen molar-refractivity contribution in [2.75, 3.05) is 0 Å². The Morgan fingerprint density at radius 2 is 1.94 bits per heavy atom. The smallest absolute Gasteiger partial charge is 0.169 e. The zero-order chi connectivity index (χ0) is 13.3. The number of Topliss-reactive ketones (excluding diaryl/α,β-unsaturated/α-hetero) is 1. The zero-order valence-corrected chi connectivity index (χ0v) is 12.0. The van der Waals surface area contributed by atoms with Crippen LogP contribution in [0.1, 0.15) is 47.6 Å². The number of nitrogens with zero attached hydrogens (tertiary/aromatic N) is 1. The second-order valence-electron chi connectivity index (χ2n) is 4.75. The molecular formula is C15H17NOS. The zero-order valence-electron chi connectivity index (χ0n) is 11.2. The molecule has 2 aromatic rings. The standard InChI is InChI=1S/C15H17NOS/c1-9(2)12-5-6-13(16-10(12)3)15-8-7-14(18-15)11(4)17/h5-9H,1-4H3. The fourth-order valence-electron chi connectivity index (χ4n) is 1.98. The first-order valence-electron chi connectivity index (χ1n) is 6.07. The predicted molar refractivity (Wildman–Crippen MR) is 76.4 cm³/mol. The maximum Gasteiger partial charge on any atom is 0.169 e. The van der Waals surface area contributed by atoms with Crippen LogP contribution >= 0.6 is 11.3 Å². The number of pyridine rings is 1. The van der Waals surface area contributed by atoms with Gasteiger partial charge in [-0.2, -0.15) is 0 Å². The van der Waals surface area contributed by atoms with Crippen molar-refractivity contribution in [3.8, 4) is 10.6 Å². The van der Waals surface area contributed by atoms with E-state index in [1.54, 1.807) is 6.92 Å². The van der Waals surface area contributed by atoms with Crippen LogP contribution in [0.4, 0.5) is 0 Å². The second-order valence-corrected chi connectivity index (χ2v) is 5.83. The molecule has 0 atom stereocenters. The lowest BCUT2D eigenvalue weighted by Crippen LogP contribution is -1.95. The maximum absolute atomic E-state index is 11.3. The predicted octanol–water partition coefficient (Wildman–Crippen LogP) is 4.44. The SMILES string of the molecule is CC(=O)c1ccc(-c2ccc(C(C)C)c(C)n2)s1. The molecule has 0 saturated carbocycles. The molecule has 0 bridgehead atoms. The molecule has 2 nitrogen and oxygen atoms in total. The number of rotatable bonds is 3. The van der Waals surface area contributed by atoms with Gasteiger partial charge in [-0.3, -0.25) is 9.78 Å². The summed E-state index contributed by atoms with van der Waals surface area (Å²) in [5.41, 5.74) is 3.30. The van der Waals surface area contributed by atoms with E-state index < -0.39 is 0 Å². The summed E-state index contributed by atoms with van der Waals surface area (Å²) in [5.74, 6) is 0.601. The average molecular weight is 259 g/mol. The molecular weight excluding hydrogens is 242 g/mol. The topological polar surface area (TPSA) is 30.0 Å². The molecule has 0 fully saturated rings. The molecule has 3 heteroatoms. The molecule has 0 aliphatic carbocycles. The van der Waals surface area contributed by atoms with Gasteiger partial charge >= 0.3 is 0 Å². The summed E-state index contributed by atoms with van der Waals surface area (Å²) in [7, 11) is 0. The summed E-state index contributed by atoms with van der Waals surface area (Å²) in [6.45, 7) is 7.97. The summed E-state index contributed by atoms with van der Waals surface area (Å²) in [6, 6.07) is 8.02. The molecule has 94 valence electrons. The van der Waals surface area contributed by atoms with E-state index in [0.717, 1.165) is 21.1 Å². The van der Waals surface area contributed by atoms with E-state index in [9.17, 15) is 4.79 Å². The van der Waals surface area contributed by atoms with Crippen LogP contribution in [-0.2, 0) is 0 Å². The lowest BCUT2D eigenvalue weighted by Gasteiger charge is -2.09. The molecule has 2 rings (SSSR count). The third kappa shape index (κ3) is 2.51. The van der Waals surface area contributed by atoms with Gasteiger partial charge in [0.1, 0.15) is 0 Å². The lowest BCUT2D eigenvalue weighted by molar-refractivity contribution is 0.102. The Hall–Kier alpha value is -1.48. The first kappa shape index (κ1) is 13.0. The third-order valence-corrected chi connectivity index (χ3v) is 4.16. The van der Waals surface area contributed by atoms with E-state index in [-0.39, 0.29) is 5.78 Å². The molecule has 0 aliphatic rings. The largest absolute Gasteiger partial charge is 0.294 e. The number of aryl methyl sites for hydroxylation is 1. The number of hydrogen-bond donors (Lipinski definition) is 0. The summed E-state index contributed by atoms with van der Waals surface area (Å²) in [5, 5.41) is 0. The van der Waals surface area contributed by atoms with E-state index in [1.807, 2.05) is 25.1 Å². The highest BCUT2D eigenvalue weighted by Gasteiger charge is 2.10. The van der Waals surface area contributed by atoms with Crippen molar-refractivity contribution in [3.63, 3.8) is 0 Å². The molecule has 0 aromatic carbocycles. The Bertz CT molecular complexity index is 584. The minimum Gasteiger partial charge on any atom is -0.294 e. The van der Waals surface area contributed by atoms with Crippen molar-refractivity contribution in [2.24, 2.45) is 0 Å². The van der Waals surface area contributed by atoms with Crippen LogP contribution in [0.3, 0.4) is 0 Å². The van der Waals surface area contributed by atoms with E-state index in [2.05, 4.69) is 24.9 Å². The number of thiophene rings is 1. The molecule has 0 N–H and O–H groups in total. The van der Waals surface area contributed by atoms with Gasteiger partial charge in [0.2, 0.25) is 0 Å². The summed E-state index contributed by atoms with van der Waals surface area (Å²) in [6.07, 6.45) is 0. The van der Waals surface area contributed by atoms with Crippen molar-refractivity contribution in [3.05, 3.63) is 40.4 Å². The van der Waals surface area contributed by atoms with Crippen LogP contribution < -0.4 is 0 Å². The molecule has 0 spiro atoms. The quantitative estimate of drug-likeness (QED) is 0.762. The van der Waals surface area contributed by atoms with Gasteiger partial charge in [-0.05, 0) is 43.5 Å². The maximum atomic E-state index is 11.3. The Kier molecular flexibility index (Phi) is 3.62. The van der Waals surface area contributed by atoms with E-state index in [4.69, 9.17) is 0 Å². The summed E-state index contributed by atoms with van der Waals surface area (Å²) in [4.78, 5) is 17.8. The van der Waals surface area contributed by atoms with Crippen molar-refractivity contribution >= 4 is 17.1 Å². The normalized spacial score (nSPS) is 10.9. The highest BCUT2D eigenvalue weighted by molar-refractivity contribution is 7.17. The fourth-order valence-corrected chi connectivity index (χ4v) is 2.86. The Morgan fingerprint density at radius 3 is 2.44 bits per heavy atom. The molecule has 18 heavy (non-hydrogen) atoms. The van der Waals surface area contributed by atoms with Gasteiger partial charge in [-0.1, -0.05) is 19.9 Å². The van der Waals surface area contributed by atoms with Crippen LogP contribution in [0.5, 0.6) is 0 Å². The number of aromatic nitrogens is 1. The monoisotopic (exact) mass is 259 g/mol. The minimum atomic E-state index is 0.113. The van der Waals surface area contributed by atoms with Crippen LogP contribution in [0.25, 0.3) is 10.6 Å². The van der Waals surface area contributed by atoms with Crippen LogP contribution in [0.2, 0.25) is 0 Å². The highest BCUT2D eigenvalue weighted by atomic mass is 32.1. The van der Waals surface area contributed by atoms with Crippen molar-refractivity contribution in [2.45, 2.75) is 33.6 Å². The third-order valence-electron chi connectivity index (χ3n) is 2.95. The fraction of sp³-hybridized carbons (Fsp3) is 0.333. The van der Waals surface area contributed by atoms with Crippen LogP contribution in [0.15, 0.2) is 24.3 Å². The molecule has 2 heterocycles. The van der Waals surface area contributed by atoms with E-state index in [0.29, 0.717) is 5.92 Å². The van der Waals surface area contributed by atoms with Crippen molar-refractivity contribution in [1.82, 2.24) is 4.98 Å². The van der Waals surface area contributed by atoms with Gasteiger partial charge in [0, 0.05) is 5.69 Å². The molecule has 0 amide bonds. The summed E-state index contributed by atoms with van der Waals surface area (Å²) >= 11 is 1.50. The average Bonchev–Trinajstić information content (AvgIpc) is 2.77. The molecule has 0 radical (unpaired) electrons. The first-order chi connectivity index (χ1) is 8.49.